The summed E-state index contributed by atoms with van der Waals surface area (Å²) in [5.74, 6) is 0.199. The lowest BCUT2D eigenvalue weighted by Gasteiger charge is -2.22. The third-order valence-electron chi connectivity index (χ3n) is 2.61. The molecule has 0 aromatic rings. The van der Waals surface area contributed by atoms with E-state index in [1.165, 1.54) is 0 Å². The van der Waals surface area contributed by atoms with Gasteiger partial charge < -0.3 is 4.74 Å². The maximum Gasteiger partial charge on any atom is 0.214 e. The third kappa shape index (κ3) is 3.69. The van der Waals surface area contributed by atoms with E-state index in [4.69, 9.17) is 4.74 Å². The second-order valence-corrected chi connectivity index (χ2v) is 6.41. The number of hydrogen-bond donors (Lipinski definition) is 0. The van der Waals surface area contributed by atoms with Gasteiger partial charge in [-0.3, -0.25) is 0 Å². The average molecular weight is 300 g/mol. The molecule has 1 atom stereocenters. The lowest BCUT2D eigenvalue weighted by molar-refractivity contribution is 0.199. The summed E-state index contributed by atoms with van der Waals surface area (Å²) in [7, 11) is -1.48. The molecular formula is C9H18BrNO3S. The van der Waals surface area contributed by atoms with Gasteiger partial charge in [0.05, 0.1) is 5.75 Å². The number of ether oxygens (including phenoxy) is 1. The predicted molar refractivity (Wildman–Crippen MR) is 63.8 cm³/mol. The van der Waals surface area contributed by atoms with Crippen LogP contribution in [0.1, 0.15) is 19.3 Å². The van der Waals surface area contributed by atoms with Crippen LogP contribution in [0.5, 0.6) is 0 Å². The standard InChI is InChI=1S/C9H18BrNO3S/c1-14-6-3-7-15(12,13)11-5-2-4-9(11)8-10/h9H,2-8H2,1H3. The Labute approximate surface area is 100 Å². The lowest BCUT2D eigenvalue weighted by atomic mass is 10.3. The van der Waals surface area contributed by atoms with Crippen molar-refractivity contribution in [1.29, 1.82) is 0 Å². The van der Waals surface area contributed by atoms with Gasteiger partial charge >= 0.3 is 0 Å². The first-order chi connectivity index (χ1) is 7.11. The van der Waals surface area contributed by atoms with E-state index >= 15 is 0 Å². The van der Waals surface area contributed by atoms with E-state index in [0.717, 1.165) is 18.2 Å². The maximum atomic E-state index is 11.9. The molecule has 0 aromatic carbocycles. The first-order valence-corrected chi connectivity index (χ1v) is 7.89. The van der Waals surface area contributed by atoms with Crippen molar-refractivity contribution in [2.75, 3.05) is 31.3 Å². The van der Waals surface area contributed by atoms with Gasteiger partial charge in [-0.25, -0.2) is 8.42 Å². The van der Waals surface area contributed by atoms with E-state index in [1.807, 2.05) is 0 Å². The fourth-order valence-electron chi connectivity index (χ4n) is 1.83. The molecular weight excluding hydrogens is 282 g/mol. The van der Waals surface area contributed by atoms with E-state index in [0.29, 0.717) is 19.6 Å². The maximum absolute atomic E-state index is 11.9. The summed E-state index contributed by atoms with van der Waals surface area (Å²) in [6.45, 7) is 1.18. The zero-order chi connectivity index (χ0) is 11.3. The van der Waals surface area contributed by atoms with Crippen LogP contribution in [0.3, 0.4) is 0 Å². The number of nitrogens with zero attached hydrogens (tertiary/aromatic N) is 1. The van der Waals surface area contributed by atoms with Crippen LogP contribution < -0.4 is 0 Å². The third-order valence-corrected chi connectivity index (χ3v) is 5.36. The number of rotatable bonds is 6. The molecule has 1 aliphatic rings. The van der Waals surface area contributed by atoms with Crippen molar-refractivity contribution in [3.05, 3.63) is 0 Å². The zero-order valence-electron chi connectivity index (χ0n) is 8.99. The highest BCUT2D eigenvalue weighted by Gasteiger charge is 2.32. The summed E-state index contributed by atoms with van der Waals surface area (Å²) in [5, 5.41) is 0.733. The fraction of sp³-hybridized carbons (Fsp3) is 1.00. The van der Waals surface area contributed by atoms with Gasteiger partial charge in [-0.1, -0.05) is 15.9 Å². The minimum Gasteiger partial charge on any atom is -0.385 e. The monoisotopic (exact) mass is 299 g/mol. The quantitative estimate of drug-likeness (QED) is 0.547. The zero-order valence-corrected chi connectivity index (χ0v) is 11.4. The normalized spacial score (nSPS) is 23.5. The molecule has 1 heterocycles. The van der Waals surface area contributed by atoms with Gasteiger partial charge in [-0.15, -0.1) is 0 Å². The second kappa shape index (κ2) is 6.18. The Hall–Kier alpha value is 0.350. The van der Waals surface area contributed by atoms with Gasteiger partial charge in [0.25, 0.3) is 0 Å². The molecule has 0 spiro atoms. The Morgan fingerprint density at radius 3 is 2.87 bits per heavy atom. The summed E-state index contributed by atoms with van der Waals surface area (Å²) in [5.41, 5.74) is 0. The predicted octanol–water partition coefficient (Wildman–Crippen LogP) is 1.21. The van der Waals surface area contributed by atoms with E-state index < -0.39 is 10.0 Å². The molecule has 0 aliphatic carbocycles. The summed E-state index contributed by atoms with van der Waals surface area (Å²) >= 11 is 3.36. The summed E-state index contributed by atoms with van der Waals surface area (Å²) in [4.78, 5) is 0. The largest absolute Gasteiger partial charge is 0.385 e. The second-order valence-electron chi connectivity index (χ2n) is 3.72. The first kappa shape index (κ1) is 13.4. The van der Waals surface area contributed by atoms with E-state index in [9.17, 15) is 8.42 Å². The van der Waals surface area contributed by atoms with Crippen molar-refractivity contribution < 1.29 is 13.2 Å². The van der Waals surface area contributed by atoms with Gasteiger partial charge in [0.1, 0.15) is 0 Å². The van der Waals surface area contributed by atoms with Crippen LogP contribution in [0.15, 0.2) is 0 Å². The molecule has 0 aromatic heterocycles. The number of sulfonamides is 1. The minimum atomic E-state index is -3.07. The lowest BCUT2D eigenvalue weighted by Crippen LogP contribution is -2.38. The summed E-state index contributed by atoms with van der Waals surface area (Å²) in [6.07, 6.45) is 2.51. The minimum absolute atomic E-state index is 0.151. The molecule has 0 bridgehead atoms. The molecule has 1 rings (SSSR count). The van der Waals surface area contributed by atoms with Gasteiger partial charge in [0.2, 0.25) is 10.0 Å². The summed E-state index contributed by atoms with van der Waals surface area (Å²) < 4.78 is 30.4. The molecule has 0 N–H and O–H groups in total. The molecule has 1 unspecified atom stereocenters. The number of alkyl halides is 1. The molecule has 4 nitrogen and oxygen atoms in total. The molecule has 0 amide bonds. The van der Waals surface area contributed by atoms with Crippen molar-refractivity contribution in [2.45, 2.75) is 25.3 Å². The van der Waals surface area contributed by atoms with Crippen molar-refractivity contribution >= 4 is 26.0 Å². The molecule has 6 heteroatoms. The smallest absolute Gasteiger partial charge is 0.214 e. The highest BCUT2D eigenvalue weighted by Crippen LogP contribution is 2.22. The van der Waals surface area contributed by atoms with Gasteiger partial charge in [-0.05, 0) is 19.3 Å². The Bertz CT molecular complexity index is 281. The fourth-order valence-corrected chi connectivity index (χ4v) is 4.46. The number of hydrogen-bond acceptors (Lipinski definition) is 3. The van der Waals surface area contributed by atoms with Crippen molar-refractivity contribution in [3.8, 4) is 0 Å². The van der Waals surface area contributed by atoms with Crippen LogP contribution in [0.4, 0.5) is 0 Å². The van der Waals surface area contributed by atoms with Gasteiger partial charge in [0, 0.05) is 31.6 Å². The first-order valence-electron chi connectivity index (χ1n) is 5.16. The van der Waals surface area contributed by atoms with E-state index in [1.54, 1.807) is 11.4 Å². The van der Waals surface area contributed by atoms with Crippen LogP contribution in [-0.4, -0.2) is 50.1 Å². The Balaban J connectivity index is 2.52. The van der Waals surface area contributed by atoms with Crippen LogP contribution in [0.25, 0.3) is 0 Å². The molecule has 1 saturated heterocycles. The van der Waals surface area contributed by atoms with Crippen molar-refractivity contribution in [2.24, 2.45) is 0 Å². The van der Waals surface area contributed by atoms with Crippen LogP contribution in [-0.2, 0) is 14.8 Å². The van der Waals surface area contributed by atoms with Crippen LogP contribution in [0.2, 0.25) is 0 Å². The highest BCUT2D eigenvalue weighted by molar-refractivity contribution is 9.09. The highest BCUT2D eigenvalue weighted by atomic mass is 79.9. The Morgan fingerprint density at radius 2 is 2.27 bits per heavy atom. The topological polar surface area (TPSA) is 46.6 Å². The van der Waals surface area contributed by atoms with Crippen molar-refractivity contribution in [3.63, 3.8) is 0 Å². The molecule has 0 radical (unpaired) electrons. The summed E-state index contributed by atoms with van der Waals surface area (Å²) in [6, 6.07) is 0.151. The molecule has 1 aliphatic heterocycles. The van der Waals surface area contributed by atoms with Crippen molar-refractivity contribution in [1.82, 2.24) is 4.31 Å². The molecule has 90 valence electrons. The number of halogens is 1. The van der Waals surface area contributed by atoms with Gasteiger partial charge in [0.15, 0.2) is 0 Å². The Morgan fingerprint density at radius 1 is 1.53 bits per heavy atom. The van der Waals surface area contributed by atoms with E-state index in [2.05, 4.69) is 15.9 Å². The van der Waals surface area contributed by atoms with Crippen LogP contribution >= 0.6 is 15.9 Å². The Kier molecular flexibility index (Phi) is 5.52. The molecule has 0 saturated carbocycles. The SMILES string of the molecule is COCCCS(=O)(=O)N1CCCC1CBr. The van der Waals surface area contributed by atoms with E-state index in [-0.39, 0.29) is 11.8 Å². The van der Waals surface area contributed by atoms with Gasteiger partial charge in [-0.2, -0.15) is 4.31 Å². The molecule has 1 fully saturated rings. The average Bonchev–Trinajstić information content (AvgIpc) is 2.66. The molecule has 15 heavy (non-hydrogen) atoms. The van der Waals surface area contributed by atoms with Crippen LogP contribution in [0, 0.1) is 0 Å². The number of methoxy groups -OCH3 is 1.